The number of hydrogen-bond donors (Lipinski definition) is 5. The highest BCUT2D eigenvalue weighted by Crippen LogP contribution is 2.24. The average Bonchev–Trinajstić information content (AvgIpc) is 3.12. The van der Waals surface area contributed by atoms with Crippen LogP contribution in [0.2, 0.25) is 0 Å². The Bertz CT molecular complexity index is 1820. The lowest BCUT2D eigenvalue weighted by Gasteiger charge is -2.35. The molecule has 3 aromatic rings. The number of hydrogen-bond acceptors (Lipinski definition) is 10. The van der Waals surface area contributed by atoms with E-state index in [2.05, 4.69) is 26.3 Å². The van der Waals surface area contributed by atoms with E-state index in [1.807, 2.05) is 72.8 Å². The van der Waals surface area contributed by atoms with Crippen LogP contribution in [-0.2, 0) is 41.7 Å². The quantitative estimate of drug-likeness (QED) is 0.144. The van der Waals surface area contributed by atoms with Crippen molar-refractivity contribution >= 4 is 33.8 Å². The van der Waals surface area contributed by atoms with E-state index in [1.165, 1.54) is 21.0 Å². The number of pyridine rings is 1. The number of methoxy groups -OCH3 is 2. The van der Waals surface area contributed by atoms with Crippen molar-refractivity contribution in [3.05, 3.63) is 90.1 Å². The maximum Gasteiger partial charge on any atom is 0.407 e. The van der Waals surface area contributed by atoms with Crippen LogP contribution in [0.4, 0.5) is 9.59 Å². The predicted octanol–water partition coefficient (Wildman–Crippen LogP) is 3.57. The Labute approximate surface area is 317 Å². The third-order valence-corrected chi connectivity index (χ3v) is 11.4. The van der Waals surface area contributed by atoms with Crippen LogP contribution in [-0.4, -0.2) is 98.0 Å². The molecule has 3 rings (SSSR count). The molecule has 5 atom stereocenters. The number of carbonyl (C=O) groups is 4. The van der Waals surface area contributed by atoms with Gasteiger partial charge < -0.3 is 35.8 Å². The number of nitrogens with one attached hydrogen (secondary N) is 4. The molecule has 0 radical (unpaired) electrons. The van der Waals surface area contributed by atoms with Gasteiger partial charge in [0.2, 0.25) is 11.8 Å². The number of amides is 4. The molecule has 1 heterocycles. The summed E-state index contributed by atoms with van der Waals surface area (Å²) in [6, 6.07) is 17.9. The first kappa shape index (κ1) is 43.4. The van der Waals surface area contributed by atoms with E-state index in [-0.39, 0.29) is 19.3 Å². The summed E-state index contributed by atoms with van der Waals surface area (Å²) < 4.78 is 33.3. The third-order valence-electron chi connectivity index (χ3n) is 9.30. The Kier molecular flexibility index (Phi) is 15.1. The van der Waals surface area contributed by atoms with Crippen LogP contribution >= 0.6 is 0 Å². The monoisotopic (exact) mass is 767 g/mol. The summed E-state index contributed by atoms with van der Waals surface area (Å²) in [6.07, 6.45) is -0.166. The summed E-state index contributed by atoms with van der Waals surface area (Å²) in [6.45, 7) is 7.97. The van der Waals surface area contributed by atoms with Crippen LogP contribution in [0.5, 0.6) is 0 Å². The fourth-order valence-corrected chi connectivity index (χ4v) is 6.37. The van der Waals surface area contributed by atoms with E-state index in [9.17, 15) is 32.7 Å². The highest BCUT2D eigenvalue weighted by atomic mass is 32.2. The van der Waals surface area contributed by atoms with E-state index >= 15 is 0 Å². The SMILES string of the molecule is COC(=O)N[C@H](C(=O)N[C@@H](Cc1ccc(-c2ccccn2)cc1)C(O)C[C@H](Cc1ccccc1)NC(=O)[C@@H](NC(=O)OC)C(C)(C)S(C)(=O)=O)C(C)(C)C. The van der Waals surface area contributed by atoms with E-state index in [4.69, 9.17) is 9.47 Å². The number of aliphatic hydroxyl groups is 1. The average molecular weight is 768 g/mol. The molecule has 0 bridgehead atoms. The van der Waals surface area contributed by atoms with Crippen LogP contribution in [0.25, 0.3) is 11.3 Å². The molecular weight excluding hydrogens is 715 g/mol. The van der Waals surface area contributed by atoms with Crippen molar-refractivity contribution in [2.75, 3.05) is 20.5 Å². The van der Waals surface area contributed by atoms with Crippen molar-refractivity contribution in [3.63, 3.8) is 0 Å². The molecule has 0 aliphatic carbocycles. The summed E-state index contributed by atoms with van der Waals surface area (Å²) in [7, 11) is -1.62. The zero-order chi connectivity index (χ0) is 40.3. The van der Waals surface area contributed by atoms with Gasteiger partial charge in [-0.15, -0.1) is 0 Å². The van der Waals surface area contributed by atoms with E-state index in [1.54, 1.807) is 27.0 Å². The molecule has 0 aliphatic rings. The number of rotatable bonds is 16. The van der Waals surface area contributed by atoms with Crippen LogP contribution < -0.4 is 21.3 Å². The topological polar surface area (TPSA) is 202 Å². The minimum atomic E-state index is -3.90. The molecule has 0 aliphatic heterocycles. The normalized spacial score (nSPS) is 14.7. The zero-order valence-corrected chi connectivity index (χ0v) is 32.9. The number of ether oxygens (including phenoxy) is 2. The highest BCUT2D eigenvalue weighted by Gasteiger charge is 2.45. The van der Waals surface area contributed by atoms with Crippen LogP contribution in [0.15, 0.2) is 79.0 Å². The lowest BCUT2D eigenvalue weighted by atomic mass is 9.85. The van der Waals surface area contributed by atoms with E-state index < -0.39 is 74.3 Å². The Morgan fingerprint density at radius 1 is 0.722 bits per heavy atom. The maximum absolute atomic E-state index is 13.9. The minimum Gasteiger partial charge on any atom is -0.453 e. The zero-order valence-electron chi connectivity index (χ0n) is 32.1. The number of aromatic nitrogens is 1. The molecule has 2 aromatic carbocycles. The first-order chi connectivity index (χ1) is 25.3. The van der Waals surface area contributed by atoms with Gasteiger partial charge in [-0.2, -0.15) is 0 Å². The number of benzene rings is 2. The standard InChI is InChI=1S/C39H53N5O9S/c1-38(2,3)32(43-36(48)52-6)34(46)42-30(23-26-17-19-27(20-18-26)29-16-12-13-21-40-29)31(45)24-28(22-25-14-10-9-11-15-25)41-35(47)33(44-37(49)53-7)39(4,5)54(8,50)51/h9-21,28,30-33,45H,22-24H2,1-8H3,(H,41,47)(H,42,46)(H,43,48)(H,44,49)/t28-,30-,31?,32+,33+/m0/s1. The molecule has 4 amide bonds. The molecule has 1 unspecified atom stereocenters. The van der Waals surface area contributed by atoms with Crippen LogP contribution in [0.1, 0.15) is 52.2 Å². The third kappa shape index (κ3) is 12.3. The molecular formula is C39H53N5O9S. The second-order valence-corrected chi connectivity index (χ2v) is 17.4. The summed E-state index contributed by atoms with van der Waals surface area (Å²) in [5.74, 6) is -1.38. The summed E-state index contributed by atoms with van der Waals surface area (Å²) >= 11 is 0. The number of sulfone groups is 1. The van der Waals surface area contributed by atoms with Gasteiger partial charge in [0.15, 0.2) is 9.84 Å². The van der Waals surface area contributed by atoms with Gasteiger partial charge in [-0.05, 0) is 61.8 Å². The van der Waals surface area contributed by atoms with E-state index in [0.29, 0.717) is 0 Å². The van der Waals surface area contributed by atoms with Gasteiger partial charge in [0.05, 0.1) is 36.8 Å². The molecule has 0 saturated heterocycles. The molecule has 294 valence electrons. The largest absolute Gasteiger partial charge is 0.453 e. The fourth-order valence-electron chi connectivity index (χ4n) is 5.78. The molecule has 14 nitrogen and oxygen atoms in total. The first-order valence-corrected chi connectivity index (χ1v) is 19.4. The van der Waals surface area contributed by atoms with Crippen molar-refractivity contribution in [3.8, 4) is 11.3 Å². The summed E-state index contributed by atoms with van der Waals surface area (Å²) in [5, 5.41) is 22.7. The lowest BCUT2D eigenvalue weighted by Crippen LogP contribution is -2.62. The molecule has 15 heteroatoms. The minimum absolute atomic E-state index is 0.105. The van der Waals surface area contributed by atoms with Gasteiger partial charge in [-0.3, -0.25) is 14.6 Å². The number of aliphatic hydroxyl groups excluding tert-OH is 1. The van der Waals surface area contributed by atoms with Crippen molar-refractivity contribution < 1.29 is 42.2 Å². The molecule has 5 N–H and O–H groups in total. The van der Waals surface area contributed by atoms with Crippen molar-refractivity contribution in [2.24, 2.45) is 5.41 Å². The van der Waals surface area contributed by atoms with Gasteiger partial charge in [-0.1, -0.05) is 81.4 Å². The lowest BCUT2D eigenvalue weighted by molar-refractivity contribution is -0.127. The Morgan fingerprint density at radius 2 is 1.26 bits per heavy atom. The van der Waals surface area contributed by atoms with E-state index in [0.717, 1.165) is 35.7 Å². The van der Waals surface area contributed by atoms with Gasteiger partial charge in [-0.25, -0.2) is 18.0 Å². The molecule has 0 spiro atoms. The van der Waals surface area contributed by atoms with Crippen LogP contribution in [0.3, 0.4) is 0 Å². The van der Waals surface area contributed by atoms with Gasteiger partial charge in [0.1, 0.15) is 12.1 Å². The molecule has 1 aromatic heterocycles. The first-order valence-electron chi connectivity index (χ1n) is 17.5. The molecule has 0 fully saturated rings. The van der Waals surface area contributed by atoms with Gasteiger partial charge >= 0.3 is 12.2 Å². The number of nitrogens with zero attached hydrogens (tertiary/aromatic N) is 1. The number of alkyl carbamates (subject to hydrolysis) is 2. The predicted molar refractivity (Wildman–Crippen MR) is 205 cm³/mol. The van der Waals surface area contributed by atoms with Crippen molar-refractivity contribution in [2.45, 2.75) is 88.9 Å². The summed E-state index contributed by atoms with van der Waals surface area (Å²) in [4.78, 5) is 56.8. The molecule has 0 saturated carbocycles. The van der Waals surface area contributed by atoms with Gasteiger partial charge in [0.25, 0.3) is 0 Å². The maximum atomic E-state index is 13.9. The smallest absolute Gasteiger partial charge is 0.407 e. The Balaban J connectivity index is 2.01. The highest BCUT2D eigenvalue weighted by molar-refractivity contribution is 7.92. The second kappa shape index (κ2) is 18.8. The van der Waals surface area contributed by atoms with Crippen molar-refractivity contribution in [1.82, 2.24) is 26.3 Å². The molecule has 54 heavy (non-hydrogen) atoms. The summed E-state index contributed by atoms with van der Waals surface area (Å²) in [5.41, 5.74) is 2.46. The fraction of sp³-hybridized carbons (Fsp3) is 0.462. The Morgan fingerprint density at radius 3 is 1.78 bits per heavy atom. The van der Waals surface area contributed by atoms with Crippen molar-refractivity contribution in [1.29, 1.82) is 0 Å². The van der Waals surface area contributed by atoms with Gasteiger partial charge in [0, 0.05) is 24.1 Å². The number of carbonyl (C=O) groups excluding carboxylic acids is 4. The second-order valence-electron chi connectivity index (χ2n) is 14.8. The Hall–Kier alpha value is -5.02. The van der Waals surface area contributed by atoms with Crippen LogP contribution in [0, 0.1) is 5.41 Å².